The van der Waals surface area contributed by atoms with E-state index in [-0.39, 0.29) is 60.9 Å². The van der Waals surface area contributed by atoms with Gasteiger partial charge in [0.2, 0.25) is 11.8 Å². The summed E-state index contributed by atoms with van der Waals surface area (Å²) in [6.45, 7) is 7.38. The van der Waals surface area contributed by atoms with Crippen LogP contribution in [0.15, 0.2) is 42.6 Å². The standard InChI is InChI=1S/C36H47FN6O6.ClH/c1-23(2)33(38)34(45)40-21-31(44)39-20-24-7-8-29(37)27(19-24)25-9-11-41(12-10-25)36(47)28-22-43(13-16-48-3)30-6-4-5-26(32(28)30)35(46)42-14-17-49-18-15-42;/h4-8,19,22-23,25,33H,9-18,20-21,38H2,1-3H3,(H,39,44)(H,40,45);1H/t33-;/m0./s1. The maximum atomic E-state index is 15.1. The fourth-order valence-electron chi connectivity index (χ4n) is 6.44. The van der Waals surface area contributed by atoms with Crippen molar-refractivity contribution in [1.82, 2.24) is 25.0 Å². The molecule has 12 nitrogen and oxygen atoms in total. The second-order valence-corrected chi connectivity index (χ2v) is 13.0. The van der Waals surface area contributed by atoms with Gasteiger partial charge in [0.15, 0.2) is 0 Å². The molecule has 0 bridgehead atoms. The van der Waals surface area contributed by atoms with E-state index in [9.17, 15) is 19.2 Å². The van der Waals surface area contributed by atoms with Gasteiger partial charge in [0.25, 0.3) is 11.8 Å². The van der Waals surface area contributed by atoms with Crippen molar-refractivity contribution in [2.45, 2.75) is 51.7 Å². The summed E-state index contributed by atoms with van der Waals surface area (Å²) in [7, 11) is 1.62. The molecular formula is C36H48ClFN6O6. The molecule has 1 aromatic heterocycles. The number of amides is 4. The van der Waals surface area contributed by atoms with Crippen LogP contribution in [0, 0.1) is 11.7 Å². The zero-order valence-corrected chi connectivity index (χ0v) is 29.7. The molecule has 2 aromatic carbocycles. The van der Waals surface area contributed by atoms with Crippen molar-refractivity contribution in [3.05, 3.63) is 70.7 Å². The minimum atomic E-state index is -0.697. The fraction of sp³-hybridized carbons (Fsp3) is 0.500. The van der Waals surface area contributed by atoms with Gasteiger partial charge in [0.05, 0.1) is 38.0 Å². The highest BCUT2D eigenvalue weighted by atomic mass is 35.5. The average molecular weight is 715 g/mol. The number of carbonyl (C=O) groups excluding carboxylic acids is 4. The number of fused-ring (bicyclic) bond motifs is 1. The van der Waals surface area contributed by atoms with E-state index in [1.807, 2.05) is 36.7 Å². The number of hydrogen-bond acceptors (Lipinski definition) is 7. The predicted octanol–water partition coefficient (Wildman–Crippen LogP) is 3.06. The average Bonchev–Trinajstić information content (AvgIpc) is 3.50. The van der Waals surface area contributed by atoms with Crippen molar-refractivity contribution < 1.29 is 33.0 Å². The Morgan fingerprint density at radius 1 is 0.980 bits per heavy atom. The Balaban J connectivity index is 0.00000562. The number of aromatic nitrogens is 1. The number of nitrogens with one attached hydrogen (secondary N) is 2. The minimum absolute atomic E-state index is 0. The summed E-state index contributed by atoms with van der Waals surface area (Å²) < 4.78 is 27.8. The highest BCUT2D eigenvalue weighted by Gasteiger charge is 2.30. The zero-order chi connectivity index (χ0) is 35.1. The van der Waals surface area contributed by atoms with Crippen LogP contribution in [0.5, 0.6) is 0 Å². The van der Waals surface area contributed by atoms with Crippen LogP contribution in [0.3, 0.4) is 0 Å². The molecule has 0 radical (unpaired) electrons. The molecule has 0 spiro atoms. The molecule has 50 heavy (non-hydrogen) atoms. The van der Waals surface area contributed by atoms with Gasteiger partial charge in [-0.05, 0) is 54.0 Å². The number of rotatable bonds is 12. The maximum Gasteiger partial charge on any atom is 0.256 e. The first-order valence-electron chi connectivity index (χ1n) is 16.9. The second-order valence-electron chi connectivity index (χ2n) is 13.0. The smallest absolute Gasteiger partial charge is 0.256 e. The van der Waals surface area contributed by atoms with Crippen LogP contribution in [-0.2, 0) is 32.2 Å². The molecule has 14 heteroatoms. The number of ether oxygens (including phenoxy) is 2. The Kier molecular flexibility index (Phi) is 13.8. The van der Waals surface area contributed by atoms with Crippen molar-refractivity contribution in [2.75, 3.05) is 59.7 Å². The van der Waals surface area contributed by atoms with Gasteiger partial charge in [0.1, 0.15) is 5.82 Å². The van der Waals surface area contributed by atoms with Gasteiger partial charge < -0.3 is 40.2 Å². The number of likely N-dealkylation sites (tertiary alicyclic amines) is 1. The van der Waals surface area contributed by atoms with E-state index in [2.05, 4.69) is 10.6 Å². The molecule has 3 aromatic rings. The second kappa shape index (κ2) is 17.8. The number of hydrogen-bond donors (Lipinski definition) is 3. The molecule has 4 amide bonds. The number of halogens is 2. The van der Waals surface area contributed by atoms with Gasteiger partial charge >= 0.3 is 0 Å². The molecule has 4 N–H and O–H groups in total. The van der Waals surface area contributed by atoms with Gasteiger partial charge in [0, 0.05) is 69.0 Å². The Bertz CT molecular complexity index is 1670. The van der Waals surface area contributed by atoms with Gasteiger partial charge in [-0.1, -0.05) is 32.0 Å². The molecule has 0 saturated carbocycles. The summed E-state index contributed by atoms with van der Waals surface area (Å²) >= 11 is 0. The molecule has 272 valence electrons. The van der Waals surface area contributed by atoms with E-state index in [4.69, 9.17) is 15.2 Å². The first-order valence-corrected chi connectivity index (χ1v) is 16.9. The summed E-state index contributed by atoms with van der Waals surface area (Å²) in [5.41, 5.74) is 8.85. The normalized spacial score (nSPS) is 15.9. The molecule has 0 unspecified atom stereocenters. The lowest BCUT2D eigenvalue weighted by Crippen LogP contribution is -2.47. The molecule has 0 aliphatic carbocycles. The number of morpholine rings is 1. The number of piperidine rings is 1. The highest BCUT2D eigenvalue weighted by Crippen LogP contribution is 2.33. The lowest BCUT2D eigenvalue weighted by atomic mass is 9.88. The highest BCUT2D eigenvalue weighted by molar-refractivity contribution is 6.15. The first kappa shape index (κ1) is 38.8. The van der Waals surface area contributed by atoms with Crippen molar-refractivity contribution in [3.63, 3.8) is 0 Å². The fourth-order valence-corrected chi connectivity index (χ4v) is 6.44. The van der Waals surface area contributed by atoms with E-state index in [1.54, 1.807) is 35.1 Å². The molecule has 2 aliphatic rings. The molecular weight excluding hydrogens is 667 g/mol. The summed E-state index contributed by atoms with van der Waals surface area (Å²) in [5, 5.41) is 5.93. The topological polar surface area (TPSA) is 148 Å². The Morgan fingerprint density at radius 3 is 2.34 bits per heavy atom. The van der Waals surface area contributed by atoms with Crippen LogP contribution >= 0.6 is 12.4 Å². The molecule has 5 rings (SSSR count). The summed E-state index contributed by atoms with van der Waals surface area (Å²) in [5.74, 6) is -1.56. The molecule has 2 saturated heterocycles. The summed E-state index contributed by atoms with van der Waals surface area (Å²) in [6.07, 6.45) is 2.93. The quantitative estimate of drug-likeness (QED) is 0.261. The summed E-state index contributed by atoms with van der Waals surface area (Å²) in [6, 6.07) is 9.63. The van der Waals surface area contributed by atoms with E-state index in [0.717, 1.165) is 11.1 Å². The number of methoxy groups -OCH3 is 1. The monoisotopic (exact) mass is 714 g/mol. The third-order valence-corrected chi connectivity index (χ3v) is 9.42. The zero-order valence-electron chi connectivity index (χ0n) is 28.9. The van der Waals surface area contributed by atoms with Crippen LogP contribution in [0.2, 0.25) is 0 Å². The Morgan fingerprint density at radius 2 is 1.66 bits per heavy atom. The van der Waals surface area contributed by atoms with Gasteiger partial charge in [-0.3, -0.25) is 19.2 Å². The van der Waals surface area contributed by atoms with Crippen molar-refractivity contribution >= 4 is 46.9 Å². The maximum absolute atomic E-state index is 15.1. The third-order valence-electron chi connectivity index (χ3n) is 9.42. The SMILES string of the molecule is COCCn1cc(C(=O)N2CCC(c3cc(CNC(=O)CNC(=O)[C@@H](N)C(C)C)ccc3F)CC2)c2c(C(=O)N3CCOCC3)cccc21.Cl. The van der Waals surface area contributed by atoms with Crippen LogP contribution in [0.1, 0.15) is 64.4 Å². The lowest BCUT2D eigenvalue weighted by Gasteiger charge is -2.32. The number of nitrogens with zero attached hydrogens (tertiary/aromatic N) is 3. The number of carbonyl (C=O) groups is 4. The van der Waals surface area contributed by atoms with Crippen molar-refractivity contribution in [3.8, 4) is 0 Å². The molecule has 2 aliphatic heterocycles. The third kappa shape index (κ3) is 9.00. The molecule has 1 atom stereocenters. The van der Waals surface area contributed by atoms with Crippen molar-refractivity contribution in [2.24, 2.45) is 11.7 Å². The predicted molar refractivity (Wildman–Crippen MR) is 190 cm³/mol. The van der Waals surface area contributed by atoms with E-state index in [0.29, 0.717) is 87.5 Å². The Hall–Kier alpha value is -4.04. The summed E-state index contributed by atoms with van der Waals surface area (Å²) in [4.78, 5) is 55.7. The van der Waals surface area contributed by atoms with Crippen molar-refractivity contribution in [1.29, 1.82) is 0 Å². The number of nitrogens with two attached hydrogens (primary N) is 1. The largest absolute Gasteiger partial charge is 0.383 e. The van der Waals surface area contributed by atoms with Gasteiger partial charge in [-0.2, -0.15) is 0 Å². The van der Waals surface area contributed by atoms with E-state index >= 15 is 4.39 Å². The molecule has 3 heterocycles. The van der Waals surface area contributed by atoms with Crippen LogP contribution in [0.4, 0.5) is 4.39 Å². The van der Waals surface area contributed by atoms with Gasteiger partial charge in [-0.15, -0.1) is 12.4 Å². The number of benzene rings is 2. The van der Waals surface area contributed by atoms with Crippen LogP contribution < -0.4 is 16.4 Å². The van der Waals surface area contributed by atoms with Gasteiger partial charge in [-0.25, -0.2) is 4.39 Å². The lowest BCUT2D eigenvalue weighted by molar-refractivity contribution is -0.127. The van der Waals surface area contributed by atoms with E-state index < -0.39 is 11.9 Å². The Labute approximate surface area is 298 Å². The van der Waals surface area contributed by atoms with Crippen LogP contribution in [-0.4, -0.2) is 104 Å². The molecule has 2 fully saturated rings. The van der Waals surface area contributed by atoms with E-state index in [1.165, 1.54) is 6.07 Å². The first-order chi connectivity index (χ1) is 23.6. The van der Waals surface area contributed by atoms with Crippen LogP contribution in [0.25, 0.3) is 10.9 Å². The minimum Gasteiger partial charge on any atom is -0.383 e.